The van der Waals surface area contributed by atoms with E-state index in [1.807, 2.05) is 21.1 Å². The molecule has 0 aromatic heterocycles. The molecule has 0 amide bonds. The van der Waals surface area contributed by atoms with Crippen molar-refractivity contribution in [2.45, 2.75) is 315 Å². The summed E-state index contributed by atoms with van der Waals surface area (Å²) in [5.41, 5.74) is 0. The van der Waals surface area contributed by atoms with Gasteiger partial charge in [0.05, 0.1) is 27.7 Å². The first-order chi connectivity index (χ1) is 38.0. The van der Waals surface area contributed by atoms with E-state index >= 15 is 0 Å². The SMILES string of the molecule is CC/C=C\C/C=C\C/C=C\C/C=C\C/C=C\CCCCCCCCCCCCCCCC(=O)OC(COC(=O)CCCCCCCCCCCCCCCCCCCCCCCCCCC)COP(=O)(O)OCC[N+](C)(C)C. The van der Waals surface area contributed by atoms with Crippen molar-refractivity contribution in [1.82, 2.24) is 0 Å². The van der Waals surface area contributed by atoms with Crippen molar-refractivity contribution < 1.29 is 42.1 Å². The summed E-state index contributed by atoms with van der Waals surface area (Å²) in [4.78, 5) is 35.8. The molecule has 0 aliphatic carbocycles. The van der Waals surface area contributed by atoms with Gasteiger partial charge in [0.2, 0.25) is 0 Å². The summed E-state index contributed by atoms with van der Waals surface area (Å²) < 4.78 is 34.7. The molecule has 0 aromatic rings. The third kappa shape index (κ3) is 62.9. The van der Waals surface area contributed by atoms with Gasteiger partial charge in [-0.1, -0.05) is 299 Å². The minimum Gasteiger partial charge on any atom is -0.462 e. The fraction of sp³-hybridized carbons (Fsp3) is 0.824. The van der Waals surface area contributed by atoms with Gasteiger partial charge in [-0.25, -0.2) is 4.57 Å². The highest BCUT2D eigenvalue weighted by molar-refractivity contribution is 7.47. The normalized spacial score (nSPS) is 13.6. The number of likely N-dealkylation sites (N-methyl/N-ethyl adjacent to an activating group) is 1. The Kier molecular flexibility index (Phi) is 57.6. The van der Waals surface area contributed by atoms with E-state index in [1.54, 1.807) is 0 Å². The predicted molar refractivity (Wildman–Crippen MR) is 335 cm³/mol. The van der Waals surface area contributed by atoms with E-state index in [9.17, 15) is 19.0 Å². The number of phosphoric ester groups is 1. The number of allylic oxidation sites excluding steroid dienone is 10. The first-order valence-electron chi connectivity index (χ1n) is 33.0. The summed E-state index contributed by atoms with van der Waals surface area (Å²) >= 11 is 0. The quantitative estimate of drug-likeness (QED) is 0.0211. The molecule has 0 saturated carbocycles. The second-order valence-electron chi connectivity index (χ2n) is 23.5. The van der Waals surface area contributed by atoms with Crippen LogP contribution >= 0.6 is 7.82 Å². The number of phosphoric acid groups is 1. The molecule has 78 heavy (non-hydrogen) atoms. The summed E-state index contributed by atoms with van der Waals surface area (Å²) in [6.07, 6.45) is 77.4. The first kappa shape index (κ1) is 75.7. The van der Waals surface area contributed by atoms with Crippen LogP contribution in [0.5, 0.6) is 0 Å². The molecule has 9 nitrogen and oxygen atoms in total. The Morgan fingerprint density at radius 1 is 0.410 bits per heavy atom. The van der Waals surface area contributed by atoms with Gasteiger partial charge in [0.1, 0.15) is 19.8 Å². The number of esters is 2. The van der Waals surface area contributed by atoms with Crippen LogP contribution in [-0.4, -0.2) is 74.9 Å². The molecule has 10 heteroatoms. The molecule has 0 aliphatic heterocycles. The highest BCUT2D eigenvalue weighted by atomic mass is 31.2. The van der Waals surface area contributed by atoms with E-state index in [4.69, 9.17) is 18.5 Å². The van der Waals surface area contributed by atoms with Gasteiger partial charge in [-0.2, -0.15) is 0 Å². The van der Waals surface area contributed by atoms with E-state index in [0.29, 0.717) is 23.9 Å². The Morgan fingerprint density at radius 3 is 1.09 bits per heavy atom. The van der Waals surface area contributed by atoms with Gasteiger partial charge in [0, 0.05) is 12.8 Å². The lowest BCUT2D eigenvalue weighted by atomic mass is 10.0. The maximum Gasteiger partial charge on any atom is 0.472 e. The second-order valence-corrected chi connectivity index (χ2v) is 24.9. The molecule has 0 radical (unpaired) electrons. The lowest BCUT2D eigenvalue weighted by molar-refractivity contribution is -0.870. The Balaban J connectivity index is 4.06. The number of carbonyl (C=O) groups excluding carboxylic acids is 2. The maximum absolute atomic E-state index is 12.9. The van der Waals surface area contributed by atoms with Crippen molar-refractivity contribution in [2.24, 2.45) is 0 Å². The summed E-state index contributed by atoms with van der Waals surface area (Å²) in [6, 6.07) is 0. The van der Waals surface area contributed by atoms with Gasteiger partial charge in [0.15, 0.2) is 6.10 Å². The van der Waals surface area contributed by atoms with Crippen molar-refractivity contribution in [2.75, 3.05) is 47.5 Å². The van der Waals surface area contributed by atoms with Crippen LogP contribution < -0.4 is 0 Å². The average molecular weight is 1120 g/mol. The van der Waals surface area contributed by atoms with Crippen molar-refractivity contribution >= 4 is 19.8 Å². The number of hydrogen-bond acceptors (Lipinski definition) is 7. The molecule has 1 N–H and O–H groups in total. The molecular weight excluding hydrogens is 990 g/mol. The lowest BCUT2D eigenvalue weighted by Gasteiger charge is -2.24. The largest absolute Gasteiger partial charge is 0.472 e. The molecule has 0 rings (SSSR count). The van der Waals surface area contributed by atoms with Crippen molar-refractivity contribution in [3.63, 3.8) is 0 Å². The maximum atomic E-state index is 12.9. The number of unbranched alkanes of at least 4 members (excludes halogenated alkanes) is 37. The standard InChI is InChI=1S/C68H126NO8P/c1-6-8-10-12-14-16-18-20-22-24-26-28-30-32-33-34-35-37-39-41-43-45-47-49-51-53-55-57-59-61-68(71)77-66(65-76-78(72,73)75-63-62-69(3,4)5)64-74-67(70)60-58-56-54-52-50-48-46-44-42-40-38-36-31-29-27-25-23-21-19-17-15-13-11-9-7-2/h8,10,14,16,20,22,26,28,32-33,66H,6-7,9,11-13,15,17-19,21,23-25,27,29-31,34-65H2,1-5H3/p+1/b10-8-,16-14-,22-20-,28-26-,33-32-. The van der Waals surface area contributed by atoms with Gasteiger partial charge >= 0.3 is 19.8 Å². The molecule has 0 heterocycles. The van der Waals surface area contributed by atoms with Gasteiger partial charge < -0.3 is 18.9 Å². The molecule has 456 valence electrons. The van der Waals surface area contributed by atoms with Crippen LogP contribution in [0.25, 0.3) is 0 Å². The van der Waals surface area contributed by atoms with E-state index in [1.165, 1.54) is 205 Å². The molecule has 0 aliphatic rings. The molecule has 0 aromatic carbocycles. The van der Waals surface area contributed by atoms with Crippen molar-refractivity contribution in [3.8, 4) is 0 Å². The number of nitrogens with zero attached hydrogens (tertiary/aromatic N) is 1. The highest BCUT2D eigenvalue weighted by Crippen LogP contribution is 2.43. The fourth-order valence-electron chi connectivity index (χ4n) is 9.52. The first-order valence-corrected chi connectivity index (χ1v) is 34.5. The zero-order chi connectivity index (χ0) is 57.0. The third-order valence-corrected chi connectivity index (χ3v) is 15.5. The zero-order valence-corrected chi connectivity index (χ0v) is 52.8. The van der Waals surface area contributed by atoms with E-state index < -0.39 is 26.5 Å². The molecule has 0 spiro atoms. The van der Waals surface area contributed by atoms with E-state index in [-0.39, 0.29) is 25.6 Å². The molecule has 0 fully saturated rings. The monoisotopic (exact) mass is 1120 g/mol. The van der Waals surface area contributed by atoms with Crippen LogP contribution in [0.3, 0.4) is 0 Å². The molecule has 0 saturated heterocycles. The van der Waals surface area contributed by atoms with Crippen molar-refractivity contribution in [1.29, 1.82) is 0 Å². The van der Waals surface area contributed by atoms with Crippen LogP contribution in [0.4, 0.5) is 0 Å². The molecule has 0 bridgehead atoms. The van der Waals surface area contributed by atoms with E-state index in [0.717, 1.165) is 70.6 Å². The van der Waals surface area contributed by atoms with E-state index in [2.05, 4.69) is 74.6 Å². The van der Waals surface area contributed by atoms with Gasteiger partial charge in [-0.05, 0) is 57.8 Å². The van der Waals surface area contributed by atoms with Crippen LogP contribution in [0, 0.1) is 0 Å². The average Bonchev–Trinajstić information content (AvgIpc) is 3.41. The van der Waals surface area contributed by atoms with Crippen LogP contribution in [0.1, 0.15) is 309 Å². The minimum absolute atomic E-state index is 0.0320. The highest BCUT2D eigenvalue weighted by Gasteiger charge is 2.27. The number of quaternary nitrogens is 1. The number of rotatable bonds is 61. The van der Waals surface area contributed by atoms with Gasteiger partial charge in [-0.3, -0.25) is 18.6 Å². The summed E-state index contributed by atoms with van der Waals surface area (Å²) in [7, 11) is 1.49. The number of ether oxygens (including phenoxy) is 2. The Morgan fingerprint density at radius 2 is 0.731 bits per heavy atom. The van der Waals surface area contributed by atoms with Crippen LogP contribution in [-0.2, 0) is 32.7 Å². The third-order valence-electron chi connectivity index (χ3n) is 14.6. The predicted octanol–water partition coefficient (Wildman–Crippen LogP) is 21.0. The summed E-state index contributed by atoms with van der Waals surface area (Å²) in [5, 5.41) is 0. The second kappa shape index (κ2) is 59.3. The fourth-order valence-corrected chi connectivity index (χ4v) is 10.3. The van der Waals surface area contributed by atoms with Crippen LogP contribution in [0.15, 0.2) is 60.8 Å². The van der Waals surface area contributed by atoms with Gasteiger partial charge in [0.25, 0.3) is 0 Å². The number of carbonyl (C=O) groups is 2. The number of hydrogen-bond donors (Lipinski definition) is 1. The Labute approximate surface area is 483 Å². The lowest BCUT2D eigenvalue weighted by Crippen LogP contribution is -2.37. The molecule has 2 unspecified atom stereocenters. The topological polar surface area (TPSA) is 108 Å². The molecular formula is C68H127NO8P+. The summed E-state index contributed by atoms with van der Waals surface area (Å²) in [5.74, 6) is -0.784. The van der Waals surface area contributed by atoms with Crippen LogP contribution in [0.2, 0.25) is 0 Å². The summed E-state index contributed by atoms with van der Waals surface area (Å²) in [6.45, 7) is 4.37. The minimum atomic E-state index is -4.39. The smallest absolute Gasteiger partial charge is 0.462 e. The van der Waals surface area contributed by atoms with Crippen molar-refractivity contribution in [3.05, 3.63) is 60.8 Å². The molecule has 2 atom stereocenters. The Bertz CT molecular complexity index is 1500. The zero-order valence-electron chi connectivity index (χ0n) is 51.9. The van der Waals surface area contributed by atoms with Gasteiger partial charge in [-0.15, -0.1) is 0 Å². The Hall–Kier alpha value is -2.29.